The monoisotopic (exact) mass is 345 g/mol. The van der Waals surface area contributed by atoms with E-state index >= 15 is 0 Å². The van der Waals surface area contributed by atoms with Gasteiger partial charge in [-0.2, -0.15) is 0 Å². The number of ether oxygens (including phenoxy) is 2. The maximum absolute atomic E-state index is 12.4. The minimum absolute atomic E-state index is 0.238. The van der Waals surface area contributed by atoms with Crippen molar-refractivity contribution in [1.82, 2.24) is 0 Å². The normalized spacial score (nSPS) is 11.4. The molecule has 0 aliphatic rings. The molecule has 0 spiro atoms. The molecule has 0 heterocycles. The zero-order chi connectivity index (χ0) is 17.4. The second-order valence-electron chi connectivity index (χ2n) is 5.06. The lowest BCUT2D eigenvalue weighted by Crippen LogP contribution is -2.32. The van der Waals surface area contributed by atoms with Crippen molar-refractivity contribution in [3.05, 3.63) is 66.2 Å². The zero-order valence-electron chi connectivity index (χ0n) is 13.5. The van der Waals surface area contributed by atoms with Gasteiger partial charge in [-0.25, -0.2) is 0 Å². The molecule has 5 heteroatoms. The van der Waals surface area contributed by atoms with Gasteiger partial charge in [0.25, 0.3) is 5.91 Å². The van der Waals surface area contributed by atoms with E-state index in [0.29, 0.717) is 35.2 Å². The average molecular weight is 346 g/mol. The molecule has 0 radical (unpaired) electrons. The Bertz CT molecular complexity index is 703. The van der Waals surface area contributed by atoms with Gasteiger partial charge in [-0.3, -0.25) is 4.79 Å². The van der Waals surface area contributed by atoms with Crippen LogP contribution in [-0.2, 0) is 4.79 Å². The van der Waals surface area contributed by atoms with E-state index in [1.165, 1.54) is 0 Å². The molecule has 0 unspecified atom stereocenters. The van der Waals surface area contributed by atoms with Gasteiger partial charge in [0.15, 0.2) is 6.10 Å². The number of rotatable bonds is 8. The van der Waals surface area contributed by atoms with E-state index in [9.17, 15) is 4.79 Å². The Morgan fingerprint density at radius 3 is 2.79 bits per heavy atom. The fourth-order valence-corrected chi connectivity index (χ4v) is 2.24. The molecule has 1 N–H and O–H groups in total. The Kier molecular flexibility index (Phi) is 6.70. The Labute approximate surface area is 147 Å². The number of hydrogen-bond acceptors (Lipinski definition) is 3. The van der Waals surface area contributed by atoms with Gasteiger partial charge in [-0.05, 0) is 30.7 Å². The third-order valence-electron chi connectivity index (χ3n) is 3.24. The quantitative estimate of drug-likeness (QED) is 0.705. The summed E-state index contributed by atoms with van der Waals surface area (Å²) in [4.78, 5) is 12.4. The number of anilines is 1. The first-order chi connectivity index (χ1) is 11.6. The zero-order valence-corrected chi connectivity index (χ0v) is 14.3. The maximum Gasteiger partial charge on any atom is 0.265 e. The summed E-state index contributed by atoms with van der Waals surface area (Å²) in [5.74, 6) is 0.912. The largest absolute Gasteiger partial charge is 0.489 e. The SMILES string of the molecule is C=CCOc1cccc(NC(=O)[C@@H](CC)Oc2ccccc2Cl)c1. The Balaban J connectivity index is 2.04. The van der Waals surface area contributed by atoms with Crippen LogP contribution in [0.25, 0.3) is 0 Å². The van der Waals surface area contributed by atoms with Crippen molar-refractivity contribution >= 4 is 23.2 Å². The minimum atomic E-state index is -0.636. The van der Waals surface area contributed by atoms with Gasteiger partial charge >= 0.3 is 0 Å². The van der Waals surface area contributed by atoms with Crippen LogP contribution in [0.4, 0.5) is 5.69 Å². The van der Waals surface area contributed by atoms with E-state index < -0.39 is 6.10 Å². The molecule has 24 heavy (non-hydrogen) atoms. The lowest BCUT2D eigenvalue weighted by molar-refractivity contribution is -0.122. The molecule has 0 bridgehead atoms. The molecule has 0 aromatic heterocycles. The van der Waals surface area contributed by atoms with E-state index in [-0.39, 0.29) is 5.91 Å². The van der Waals surface area contributed by atoms with Crippen LogP contribution in [0.1, 0.15) is 13.3 Å². The molecule has 2 aromatic carbocycles. The van der Waals surface area contributed by atoms with Crippen LogP contribution < -0.4 is 14.8 Å². The summed E-state index contributed by atoms with van der Waals surface area (Å²) in [6.45, 7) is 5.89. The van der Waals surface area contributed by atoms with Gasteiger partial charge < -0.3 is 14.8 Å². The number of para-hydroxylation sites is 1. The van der Waals surface area contributed by atoms with Crippen LogP contribution >= 0.6 is 11.6 Å². The number of carbonyl (C=O) groups excluding carboxylic acids is 1. The standard InChI is InChI=1S/C19H20ClNO3/c1-3-12-23-15-9-7-8-14(13-15)21-19(22)17(4-2)24-18-11-6-5-10-16(18)20/h3,5-11,13,17H,1,4,12H2,2H3,(H,21,22)/t17-/m1/s1. The summed E-state index contributed by atoms with van der Waals surface area (Å²) < 4.78 is 11.2. The first-order valence-corrected chi connectivity index (χ1v) is 8.07. The number of benzene rings is 2. The lowest BCUT2D eigenvalue weighted by Gasteiger charge is -2.18. The van der Waals surface area contributed by atoms with Crippen molar-refractivity contribution in [2.45, 2.75) is 19.4 Å². The summed E-state index contributed by atoms with van der Waals surface area (Å²) in [6.07, 6.45) is 1.54. The first kappa shape index (κ1) is 17.9. The molecule has 1 amide bonds. The van der Waals surface area contributed by atoms with E-state index in [0.717, 1.165) is 0 Å². The second kappa shape index (κ2) is 8.99. The van der Waals surface area contributed by atoms with Crippen molar-refractivity contribution in [2.75, 3.05) is 11.9 Å². The van der Waals surface area contributed by atoms with Crippen LogP contribution in [0.3, 0.4) is 0 Å². The molecular weight excluding hydrogens is 326 g/mol. The lowest BCUT2D eigenvalue weighted by atomic mass is 10.2. The Morgan fingerprint density at radius 1 is 1.29 bits per heavy atom. The Morgan fingerprint density at radius 2 is 2.08 bits per heavy atom. The highest BCUT2D eigenvalue weighted by Crippen LogP contribution is 2.25. The number of carbonyl (C=O) groups is 1. The fourth-order valence-electron chi connectivity index (χ4n) is 2.06. The van der Waals surface area contributed by atoms with Gasteiger partial charge in [-0.1, -0.05) is 49.4 Å². The van der Waals surface area contributed by atoms with E-state index in [4.69, 9.17) is 21.1 Å². The highest BCUT2D eigenvalue weighted by Gasteiger charge is 2.19. The molecule has 1 atom stereocenters. The molecule has 0 aliphatic carbocycles. The molecule has 2 rings (SSSR count). The summed E-state index contributed by atoms with van der Waals surface area (Å²) in [5, 5.41) is 3.31. The summed E-state index contributed by atoms with van der Waals surface area (Å²) in [7, 11) is 0. The van der Waals surface area contributed by atoms with Crippen LogP contribution in [0.2, 0.25) is 5.02 Å². The van der Waals surface area contributed by atoms with Crippen molar-refractivity contribution in [3.63, 3.8) is 0 Å². The molecule has 0 saturated heterocycles. The fraction of sp³-hybridized carbons (Fsp3) is 0.211. The highest BCUT2D eigenvalue weighted by molar-refractivity contribution is 6.32. The van der Waals surface area contributed by atoms with Crippen molar-refractivity contribution in [1.29, 1.82) is 0 Å². The van der Waals surface area contributed by atoms with Crippen molar-refractivity contribution in [2.24, 2.45) is 0 Å². The number of hydrogen-bond donors (Lipinski definition) is 1. The van der Waals surface area contributed by atoms with Gasteiger partial charge in [0.05, 0.1) is 5.02 Å². The summed E-state index contributed by atoms with van der Waals surface area (Å²) >= 11 is 6.08. The van der Waals surface area contributed by atoms with Crippen molar-refractivity contribution in [3.8, 4) is 11.5 Å². The molecule has 2 aromatic rings. The second-order valence-corrected chi connectivity index (χ2v) is 5.47. The first-order valence-electron chi connectivity index (χ1n) is 7.69. The van der Waals surface area contributed by atoms with Gasteiger partial charge in [-0.15, -0.1) is 0 Å². The van der Waals surface area contributed by atoms with Crippen LogP contribution in [0, 0.1) is 0 Å². The highest BCUT2D eigenvalue weighted by atomic mass is 35.5. The summed E-state index contributed by atoms with van der Waals surface area (Å²) in [6, 6.07) is 14.3. The maximum atomic E-state index is 12.4. The van der Waals surface area contributed by atoms with E-state index in [2.05, 4.69) is 11.9 Å². The number of nitrogens with one attached hydrogen (secondary N) is 1. The average Bonchev–Trinajstić information content (AvgIpc) is 2.59. The smallest absolute Gasteiger partial charge is 0.265 e. The molecule has 4 nitrogen and oxygen atoms in total. The molecule has 126 valence electrons. The predicted octanol–water partition coefficient (Wildman–Crippen LogP) is 4.70. The van der Waals surface area contributed by atoms with Crippen LogP contribution in [0.15, 0.2) is 61.2 Å². The van der Waals surface area contributed by atoms with E-state index in [1.54, 1.807) is 30.3 Å². The molecule has 0 aliphatic heterocycles. The number of amides is 1. The predicted molar refractivity (Wildman–Crippen MR) is 96.9 cm³/mol. The van der Waals surface area contributed by atoms with Gasteiger partial charge in [0.1, 0.15) is 18.1 Å². The topological polar surface area (TPSA) is 47.6 Å². The van der Waals surface area contributed by atoms with Crippen LogP contribution in [-0.4, -0.2) is 18.6 Å². The van der Waals surface area contributed by atoms with E-state index in [1.807, 2.05) is 31.2 Å². The summed E-state index contributed by atoms with van der Waals surface area (Å²) in [5.41, 5.74) is 0.641. The molecule has 0 fully saturated rings. The van der Waals surface area contributed by atoms with Crippen molar-refractivity contribution < 1.29 is 14.3 Å². The minimum Gasteiger partial charge on any atom is -0.489 e. The van der Waals surface area contributed by atoms with Gasteiger partial charge in [0, 0.05) is 11.8 Å². The Hall–Kier alpha value is -2.46. The number of halogens is 1. The molecule has 0 saturated carbocycles. The molecular formula is C19H20ClNO3. The van der Waals surface area contributed by atoms with Gasteiger partial charge in [0.2, 0.25) is 0 Å². The third kappa shape index (κ3) is 5.03. The third-order valence-corrected chi connectivity index (χ3v) is 3.55. The van der Waals surface area contributed by atoms with Crippen LogP contribution in [0.5, 0.6) is 11.5 Å².